The molecule has 0 amide bonds. The zero-order valence-corrected chi connectivity index (χ0v) is 10.7. The normalized spacial score (nSPS) is 15.2. The Bertz CT molecular complexity index is 454. The van der Waals surface area contributed by atoms with E-state index in [1.165, 1.54) is 18.2 Å². The van der Waals surface area contributed by atoms with Crippen LogP contribution in [-0.2, 0) is 4.74 Å². The number of benzene rings is 1. The lowest BCUT2D eigenvalue weighted by Gasteiger charge is -2.14. The van der Waals surface area contributed by atoms with Gasteiger partial charge in [0, 0.05) is 9.13 Å². The van der Waals surface area contributed by atoms with Crippen LogP contribution >= 0.6 is 22.6 Å². The highest BCUT2D eigenvalue weighted by Crippen LogP contribution is 2.20. The third-order valence-corrected chi connectivity index (χ3v) is 3.23. The molecule has 1 aliphatic heterocycles. The quantitative estimate of drug-likeness (QED) is 0.614. The number of rotatable bonds is 2. The van der Waals surface area contributed by atoms with Crippen molar-refractivity contribution in [2.24, 2.45) is 0 Å². The number of hydrogen-bond acceptors (Lipinski definition) is 2. The molecule has 2 nitrogen and oxygen atoms in total. The van der Waals surface area contributed by atoms with E-state index in [1.54, 1.807) is 6.08 Å². The van der Waals surface area contributed by atoms with Gasteiger partial charge in [-0.3, -0.25) is 4.79 Å². The maximum atomic E-state index is 12.9. The van der Waals surface area contributed by atoms with Crippen molar-refractivity contribution < 1.29 is 13.9 Å². The summed E-state index contributed by atoms with van der Waals surface area (Å²) < 4.78 is 18.8. The number of ketones is 1. The fourth-order valence-electron chi connectivity index (χ4n) is 1.52. The van der Waals surface area contributed by atoms with E-state index in [9.17, 15) is 9.18 Å². The van der Waals surface area contributed by atoms with Crippen LogP contribution in [0.1, 0.15) is 23.2 Å². The van der Waals surface area contributed by atoms with Crippen LogP contribution in [0.3, 0.4) is 0 Å². The summed E-state index contributed by atoms with van der Waals surface area (Å²) in [6.07, 6.45) is 3.60. The number of ether oxygens (including phenoxy) is 1. The van der Waals surface area contributed by atoms with Crippen LogP contribution in [0.2, 0.25) is 0 Å². The number of carbonyl (C=O) groups is 1. The van der Waals surface area contributed by atoms with Crippen LogP contribution in [0.25, 0.3) is 0 Å². The van der Waals surface area contributed by atoms with Gasteiger partial charge in [-0.1, -0.05) is 0 Å². The first-order valence-corrected chi connectivity index (χ1v) is 6.09. The van der Waals surface area contributed by atoms with Crippen molar-refractivity contribution in [3.05, 3.63) is 45.0 Å². The van der Waals surface area contributed by atoms with Gasteiger partial charge >= 0.3 is 0 Å². The van der Waals surface area contributed by atoms with E-state index in [0.717, 1.165) is 12.8 Å². The SMILES string of the molecule is O=C(C1=CCCCO1)c1ccc(F)cc1I. The lowest BCUT2D eigenvalue weighted by molar-refractivity contribution is 0.0898. The van der Waals surface area contributed by atoms with Gasteiger partial charge in [0.15, 0.2) is 5.76 Å². The molecule has 1 aromatic carbocycles. The molecule has 0 aliphatic carbocycles. The van der Waals surface area contributed by atoms with Gasteiger partial charge in [-0.15, -0.1) is 0 Å². The minimum absolute atomic E-state index is 0.163. The third kappa shape index (κ3) is 2.42. The average molecular weight is 332 g/mol. The van der Waals surface area contributed by atoms with Crippen molar-refractivity contribution in [1.82, 2.24) is 0 Å². The van der Waals surface area contributed by atoms with E-state index < -0.39 is 0 Å². The first kappa shape index (κ1) is 11.6. The summed E-state index contributed by atoms with van der Waals surface area (Å²) in [6.45, 7) is 0.579. The van der Waals surface area contributed by atoms with Gasteiger partial charge in [-0.2, -0.15) is 0 Å². The maximum Gasteiger partial charge on any atom is 0.228 e. The van der Waals surface area contributed by atoms with Gasteiger partial charge in [0.1, 0.15) is 5.82 Å². The predicted octanol–water partition coefficient (Wildman–Crippen LogP) is 3.31. The van der Waals surface area contributed by atoms with E-state index in [4.69, 9.17) is 4.74 Å². The van der Waals surface area contributed by atoms with Crippen molar-refractivity contribution in [2.75, 3.05) is 6.61 Å². The topological polar surface area (TPSA) is 26.3 Å². The van der Waals surface area contributed by atoms with Gasteiger partial charge in [0.05, 0.1) is 6.61 Å². The zero-order valence-electron chi connectivity index (χ0n) is 8.50. The Labute approximate surface area is 107 Å². The van der Waals surface area contributed by atoms with E-state index in [0.29, 0.717) is 21.5 Å². The van der Waals surface area contributed by atoms with E-state index in [2.05, 4.69) is 0 Å². The molecular formula is C12H10FIO2. The monoisotopic (exact) mass is 332 g/mol. The molecule has 0 spiro atoms. The minimum Gasteiger partial charge on any atom is -0.490 e. The van der Waals surface area contributed by atoms with Crippen molar-refractivity contribution in [3.8, 4) is 0 Å². The van der Waals surface area contributed by atoms with Gasteiger partial charge in [0.2, 0.25) is 5.78 Å². The first-order valence-electron chi connectivity index (χ1n) is 5.01. The highest BCUT2D eigenvalue weighted by Gasteiger charge is 2.18. The number of halogens is 2. The van der Waals surface area contributed by atoms with E-state index in [1.807, 2.05) is 22.6 Å². The van der Waals surface area contributed by atoms with Gasteiger partial charge in [-0.05, 0) is 59.7 Å². The number of carbonyl (C=O) groups excluding carboxylic acids is 1. The fourth-order valence-corrected chi connectivity index (χ4v) is 2.24. The molecule has 0 saturated carbocycles. The van der Waals surface area contributed by atoms with Crippen molar-refractivity contribution in [3.63, 3.8) is 0 Å². The molecule has 1 aliphatic rings. The Morgan fingerprint density at radius 3 is 2.88 bits per heavy atom. The summed E-state index contributed by atoms with van der Waals surface area (Å²) in [7, 11) is 0. The average Bonchev–Trinajstić information content (AvgIpc) is 2.29. The van der Waals surface area contributed by atoms with Crippen LogP contribution in [-0.4, -0.2) is 12.4 Å². The molecule has 4 heteroatoms. The summed E-state index contributed by atoms with van der Waals surface area (Å²) in [6, 6.07) is 4.13. The molecule has 0 unspecified atom stereocenters. The molecule has 84 valence electrons. The second-order valence-corrected chi connectivity index (χ2v) is 4.67. The van der Waals surface area contributed by atoms with Gasteiger partial charge < -0.3 is 4.74 Å². The lowest BCUT2D eigenvalue weighted by Crippen LogP contribution is -2.12. The second-order valence-electron chi connectivity index (χ2n) is 3.51. The number of hydrogen-bond donors (Lipinski definition) is 0. The molecule has 1 aromatic rings. The first-order chi connectivity index (χ1) is 7.68. The summed E-state index contributed by atoms with van der Waals surface area (Å²) in [5.41, 5.74) is 0.496. The molecule has 0 aromatic heterocycles. The smallest absolute Gasteiger partial charge is 0.228 e. The Balaban J connectivity index is 2.30. The minimum atomic E-state index is -0.334. The standard InChI is InChI=1S/C12H10FIO2/c13-8-4-5-9(10(14)7-8)12(15)11-3-1-2-6-16-11/h3-5,7H,1-2,6H2. The Hall–Kier alpha value is -0.910. The molecule has 0 atom stereocenters. The third-order valence-electron chi connectivity index (χ3n) is 2.34. The van der Waals surface area contributed by atoms with E-state index in [-0.39, 0.29) is 11.6 Å². The van der Waals surface area contributed by atoms with E-state index >= 15 is 0 Å². The fraction of sp³-hybridized carbons (Fsp3) is 0.250. The summed E-state index contributed by atoms with van der Waals surface area (Å²) >= 11 is 1.95. The summed E-state index contributed by atoms with van der Waals surface area (Å²) in [5, 5.41) is 0. The largest absolute Gasteiger partial charge is 0.490 e. The Morgan fingerprint density at radius 2 is 2.25 bits per heavy atom. The number of allylic oxidation sites excluding steroid dienone is 2. The molecule has 0 saturated heterocycles. The number of Topliss-reactive ketones (excluding diaryl/α,β-unsaturated/α-hetero) is 1. The highest BCUT2D eigenvalue weighted by molar-refractivity contribution is 14.1. The van der Waals surface area contributed by atoms with Crippen LogP contribution in [0.4, 0.5) is 4.39 Å². The summed E-state index contributed by atoms with van der Waals surface area (Å²) in [5.74, 6) is -0.112. The molecule has 0 radical (unpaired) electrons. The highest BCUT2D eigenvalue weighted by atomic mass is 127. The second kappa shape index (κ2) is 4.95. The van der Waals surface area contributed by atoms with Crippen LogP contribution in [0.5, 0.6) is 0 Å². The Morgan fingerprint density at radius 1 is 1.44 bits per heavy atom. The van der Waals surface area contributed by atoms with Crippen molar-refractivity contribution >= 4 is 28.4 Å². The van der Waals surface area contributed by atoms with Crippen LogP contribution in [0, 0.1) is 9.39 Å². The molecule has 16 heavy (non-hydrogen) atoms. The van der Waals surface area contributed by atoms with Crippen molar-refractivity contribution in [2.45, 2.75) is 12.8 Å². The molecule has 0 bridgehead atoms. The summed E-state index contributed by atoms with van der Waals surface area (Å²) in [4.78, 5) is 12.0. The van der Waals surface area contributed by atoms with Crippen molar-refractivity contribution in [1.29, 1.82) is 0 Å². The molecule has 0 fully saturated rings. The van der Waals surface area contributed by atoms with Crippen LogP contribution < -0.4 is 0 Å². The van der Waals surface area contributed by atoms with Crippen LogP contribution in [0.15, 0.2) is 30.0 Å². The van der Waals surface area contributed by atoms with Gasteiger partial charge in [-0.25, -0.2) is 4.39 Å². The molecule has 1 heterocycles. The predicted molar refractivity (Wildman–Crippen MR) is 66.7 cm³/mol. The molecule has 0 N–H and O–H groups in total. The Kier molecular flexibility index (Phi) is 3.58. The zero-order chi connectivity index (χ0) is 11.5. The lowest BCUT2D eigenvalue weighted by atomic mass is 10.1. The molecular weight excluding hydrogens is 322 g/mol. The molecule has 2 rings (SSSR count). The van der Waals surface area contributed by atoms with Gasteiger partial charge in [0.25, 0.3) is 0 Å². The maximum absolute atomic E-state index is 12.9.